The van der Waals surface area contributed by atoms with E-state index in [1.807, 2.05) is 0 Å². The molecule has 1 atom stereocenters. The average molecular weight is 134 g/mol. The van der Waals surface area contributed by atoms with Crippen molar-refractivity contribution in [1.82, 2.24) is 0 Å². The molecular weight excluding hydrogens is 120 g/mol. The summed E-state index contributed by atoms with van der Waals surface area (Å²) in [7, 11) is 0. The first kappa shape index (κ1) is 8.31. The van der Waals surface area contributed by atoms with Crippen molar-refractivity contribution < 1.29 is 4.74 Å². The van der Waals surface area contributed by atoms with E-state index in [9.17, 15) is 0 Å². The van der Waals surface area contributed by atoms with Crippen molar-refractivity contribution >= 4 is 13.5 Å². The maximum Gasteiger partial charge on any atom is 0.0573 e. The summed E-state index contributed by atoms with van der Waals surface area (Å²) in [5.74, 6) is 0. The van der Waals surface area contributed by atoms with E-state index in [-0.39, 0.29) is 13.5 Å². The molecule has 50 valence electrons. The van der Waals surface area contributed by atoms with E-state index >= 15 is 0 Å². The van der Waals surface area contributed by atoms with Gasteiger partial charge < -0.3 is 4.74 Å². The fourth-order valence-corrected chi connectivity index (χ4v) is 0.966. The second kappa shape index (κ2) is 4.21. The summed E-state index contributed by atoms with van der Waals surface area (Å²) >= 11 is 0. The van der Waals surface area contributed by atoms with Gasteiger partial charge in [0.2, 0.25) is 0 Å². The van der Waals surface area contributed by atoms with Crippen LogP contribution in [0.1, 0.15) is 26.2 Å². The smallest absolute Gasteiger partial charge is 0.0573 e. The molecule has 2 heteroatoms. The van der Waals surface area contributed by atoms with Crippen LogP contribution in [0.25, 0.3) is 0 Å². The Balaban J connectivity index is 0.000000490. The molecule has 1 heterocycles. The lowest BCUT2D eigenvalue weighted by atomic mass is 10.2. The largest absolute Gasteiger partial charge is 0.378 e. The van der Waals surface area contributed by atoms with Crippen molar-refractivity contribution in [1.29, 1.82) is 0 Å². The highest BCUT2D eigenvalue weighted by Gasteiger charge is 2.11. The van der Waals surface area contributed by atoms with Crippen molar-refractivity contribution in [2.75, 3.05) is 6.61 Å². The van der Waals surface area contributed by atoms with Gasteiger partial charge in [-0.25, -0.2) is 0 Å². The summed E-state index contributed by atoms with van der Waals surface area (Å²) in [6, 6.07) is 0. The lowest BCUT2D eigenvalue weighted by Gasteiger charge is -2.01. The molecule has 1 rings (SSSR count). The minimum absolute atomic E-state index is 0. The fourth-order valence-electron chi connectivity index (χ4n) is 0.966. The fraction of sp³-hybridized carbons (Fsp3) is 1.00. The predicted octanol–water partition coefficient (Wildman–Crippen LogP) is 1.69. The van der Waals surface area contributed by atoms with Crippen LogP contribution in [0.4, 0.5) is 0 Å². The molecule has 0 aromatic heterocycles. The summed E-state index contributed by atoms with van der Waals surface area (Å²) in [6.45, 7) is 3.18. The van der Waals surface area contributed by atoms with Crippen molar-refractivity contribution in [2.24, 2.45) is 0 Å². The van der Waals surface area contributed by atoms with Crippen molar-refractivity contribution in [3.05, 3.63) is 0 Å². The molecule has 1 nitrogen and oxygen atoms in total. The second-order valence-electron chi connectivity index (χ2n) is 2.04. The first-order valence-corrected chi connectivity index (χ1v) is 3.05. The standard InChI is InChI=1S/C6H12O.H2S/c1-2-6-4-3-5-7-6;/h6H,2-5H2,1H3;1H2/t6-;/m1./s1. The molecule has 0 N–H and O–H groups in total. The van der Waals surface area contributed by atoms with E-state index in [4.69, 9.17) is 4.74 Å². The normalized spacial score (nSPS) is 27.4. The predicted molar refractivity (Wildman–Crippen MR) is 39.6 cm³/mol. The molecule has 0 aliphatic carbocycles. The molecule has 0 saturated carbocycles. The minimum atomic E-state index is 0. The molecule has 0 aromatic carbocycles. The van der Waals surface area contributed by atoms with Crippen molar-refractivity contribution in [3.8, 4) is 0 Å². The van der Waals surface area contributed by atoms with E-state index in [0.717, 1.165) is 6.61 Å². The molecule has 1 fully saturated rings. The average Bonchev–Trinajstić information content (AvgIpc) is 2.14. The highest BCUT2D eigenvalue weighted by atomic mass is 32.1. The number of hydrogen-bond acceptors (Lipinski definition) is 1. The molecule has 0 amide bonds. The first-order valence-electron chi connectivity index (χ1n) is 3.05. The van der Waals surface area contributed by atoms with Crippen LogP contribution >= 0.6 is 13.5 Å². The van der Waals surface area contributed by atoms with E-state index in [1.165, 1.54) is 19.3 Å². The van der Waals surface area contributed by atoms with Gasteiger partial charge in [0.05, 0.1) is 6.10 Å². The van der Waals surface area contributed by atoms with E-state index in [2.05, 4.69) is 6.92 Å². The molecule has 0 bridgehead atoms. The van der Waals surface area contributed by atoms with Crippen LogP contribution < -0.4 is 0 Å². The number of rotatable bonds is 1. The summed E-state index contributed by atoms with van der Waals surface area (Å²) in [5, 5.41) is 0. The van der Waals surface area contributed by atoms with Gasteiger partial charge >= 0.3 is 0 Å². The van der Waals surface area contributed by atoms with Crippen LogP contribution in [0.5, 0.6) is 0 Å². The highest BCUT2D eigenvalue weighted by molar-refractivity contribution is 7.59. The maximum absolute atomic E-state index is 5.30. The third-order valence-corrected chi connectivity index (χ3v) is 1.48. The lowest BCUT2D eigenvalue weighted by Crippen LogP contribution is -2.00. The third-order valence-electron chi connectivity index (χ3n) is 1.48. The van der Waals surface area contributed by atoms with Crippen LogP contribution in [0, 0.1) is 0 Å². The van der Waals surface area contributed by atoms with Crippen molar-refractivity contribution in [3.63, 3.8) is 0 Å². The van der Waals surface area contributed by atoms with Crippen LogP contribution in [0.3, 0.4) is 0 Å². The van der Waals surface area contributed by atoms with E-state index < -0.39 is 0 Å². The minimum Gasteiger partial charge on any atom is -0.378 e. The Labute approximate surface area is 57.9 Å². The van der Waals surface area contributed by atoms with Gasteiger partial charge in [-0.2, -0.15) is 13.5 Å². The summed E-state index contributed by atoms with van der Waals surface area (Å²) in [5.41, 5.74) is 0. The Bertz CT molecular complexity index is 50.5. The number of ether oxygens (including phenoxy) is 1. The van der Waals surface area contributed by atoms with Gasteiger partial charge in [-0.15, -0.1) is 0 Å². The van der Waals surface area contributed by atoms with Gasteiger partial charge in [0.25, 0.3) is 0 Å². The molecular formula is C6H14OS. The molecule has 1 aliphatic heterocycles. The second-order valence-corrected chi connectivity index (χ2v) is 2.04. The van der Waals surface area contributed by atoms with Crippen LogP contribution in [0.15, 0.2) is 0 Å². The van der Waals surface area contributed by atoms with Crippen molar-refractivity contribution in [2.45, 2.75) is 32.3 Å². The van der Waals surface area contributed by atoms with Crippen LogP contribution in [-0.2, 0) is 4.74 Å². The molecule has 0 unspecified atom stereocenters. The topological polar surface area (TPSA) is 9.23 Å². The van der Waals surface area contributed by atoms with Crippen LogP contribution in [0.2, 0.25) is 0 Å². The molecule has 0 radical (unpaired) electrons. The lowest BCUT2D eigenvalue weighted by molar-refractivity contribution is 0.108. The summed E-state index contributed by atoms with van der Waals surface area (Å²) in [4.78, 5) is 0. The quantitative estimate of drug-likeness (QED) is 0.530. The van der Waals surface area contributed by atoms with Gasteiger partial charge in [0.1, 0.15) is 0 Å². The first-order chi connectivity index (χ1) is 3.43. The zero-order valence-electron chi connectivity index (χ0n) is 5.31. The SMILES string of the molecule is CC[C@@H]1CCCO1.S. The Kier molecular flexibility index (Phi) is 4.38. The highest BCUT2D eigenvalue weighted by Crippen LogP contribution is 2.13. The molecule has 1 aliphatic rings. The number of hydrogen-bond donors (Lipinski definition) is 0. The molecule has 0 spiro atoms. The van der Waals surface area contributed by atoms with Crippen LogP contribution in [-0.4, -0.2) is 12.7 Å². The van der Waals surface area contributed by atoms with Gasteiger partial charge in [0.15, 0.2) is 0 Å². The van der Waals surface area contributed by atoms with E-state index in [1.54, 1.807) is 0 Å². The zero-order valence-corrected chi connectivity index (χ0v) is 6.31. The molecule has 8 heavy (non-hydrogen) atoms. The monoisotopic (exact) mass is 134 g/mol. The summed E-state index contributed by atoms with van der Waals surface area (Å²) in [6.07, 6.45) is 4.36. The van der Waals surface area contributed by atoms with Gasteiger partial charge in [-0.3, -0.25) is 0 Å². The van der Waals surface area contributed by atoms with Gasteiger partial charge in [-0.05, 0) is 19.3 Å². The summed E-state index contributed by atoms with van der Waals surface area (Å²) < 4.78 is 5.30. The molecule has 0 aromatic rings. The Morgan fingerprint density at radius 3 is 2.62 bits per heavy atom. The maximum atomic E-state index is 5.30. The Morgan fingerprint density at radius 2 is 2.38 bits per heavy atom. The molecule has 1 saturated heterocycles. The van der Waals surface area contributed by atoms with Gasteiger partial charge in [-0.1, -0.05) is 6.92 Å². The Hall–Kier alpha value is 0.310. The van der Waals surface area contributed by atoms with E-state index in [0.29, 0.717) is 6.10 Å². The zero-order chi connectivity index (χ0) is 5.11. The Morgan fingerprint density at radius 1 is 1.62 bits per heavy atom. The van der Waals surface area contributed by atoms with Gasteiger partial charge in [0, 0.05) is 6.61 Å². The third kappa shape index (κ3) is 2.05.